The van der Waals surface area contributed by atoms with Crippen molar-refractivity contribution in [1.29, 1.82) is 0 Å². The smallest absolute Gasteiger partial charge is 0.142 e. The van der Waals surface area contributed by atoms with E-state index in [-0.39, 0.29) is 6.10 Å². The van der Waals surface area contributed by atoms with Gasteiger partial charge in [0.25, 0.3) is 0 Å². The number of hydrogen-bond acceptors (Lipinski definition) is 4. The van der Waals surface area contributed by atoms with Gasteiger partial charge in [-0.25, -0.2) is 0 Å². The Morgan fingerprint density at radius 3 is 2.80 bits per heavy atom. The van der Waals surface area contributed by atoms with Crippen LogP contribution < -0.4 is 4.74 Å². The van der Waals surface area contributed by atoms with E-state index in [0.29, 0.717) is 6.61 Å². The molecule has 1 heterocycles. The Balaban J connectivity index is 1.77. The minimum Gasteiger partial charge on any atom is -0.497 e. The Kier molecular flexibility index (Phi) is 3.19. The van der Waals surface area contributed by atoms with Crippen molar-refractivity contribution in [3.63, 3.8) is 0 Å². The topological polar surface area (TPSA) is 43.4 Å². The van der Waals surface area contributed by atoms with Crippen molar-refractivity contribution in [2.24, 2.45) is 5.16 Å². The van der Waals surface area contributed by atoms with Gasteiger partial charge in [-0.15, -0.1) is 0 Å². The third-order valence-electron chi connectivity index (χ3n) is 2.05. The Morgan fingerprint density at radius 1 is 1.47 bits per heavy atom. The second-order valence-corrected chi connectivity index (χ2v) is 3.25. The van der Waals surface area contributed by atoms with E-state index in [9.17, 15) is 0 Å². The molecule has 1 aliphatic rings. The van der Waals surface area contributed by atoms with Gasteiger partial charge in [-0.3, -0.25) is 0 Å². The Hall–Kier alpha value is -1.55. The molecule has 4 heteroatoms. The maximum absolute atomic E-state index is 5.09. The predicted octanol–water partition coefficient (Wildman–Crippen LogP) is 1.60. The van der Waals surface area contributed by atoms with E-state index in [2.05, 4.69) is 5.16 Å². The number of nitrogens with zero attached hydrogens (tertiary/aromatic N) is 1. The SMILES string of the molecule is COc1ccc(CO/N=C/C2CO2)cc1. The zero-order valence-corrected chi connectivity index (χ0v) is 8.55. The van der Waals surface area contributed by atoms with Crippen molar-refractivity contribution in [2.45, 2.75) is 12.7 Å². The van der Waals surface area contributed by atoms with E-state index >= 15 is 0 Å². The van der Waals surface area contributed by atoms with Crippen LogP contribution in [0.15, 0.2) is 29.4 Å². The molecule has 1 fully saturated rings. The maximum atomic E-state index is 5.09. The highest BCUT2D eigenvalue weighted by molar-refractivity contribution is 5.64. The number of epoxide rings is 1. The molecule has 80 valence electrons. The molecule has 0 radical (unpaired) electrons. The summed E-state index contributed by atoms with van der Waals surface area (Å²) in [6.07, 6.45) is 1.84. The van der Waals surface area contributed by atoms with Gasteiger partial charge < -0.3 is 14.3 Å². The summed E-state index contributed by atoms with van der Waals surface area (Å²) in [6, 6.07) is 7.68. The Labute approximate surface area is 88.4 Å². The highest BCUT2D eigenvalue weighted by atomic mass is 16.6. The van der Waals surface area contributed by atoms with Crippen LogP contribution in [-0.4, -0.2) is 26.0 Å². The molecule has 1 aliphatic heterocycles. The quantitative estimate of drug-likeness (QED) is 0.418. The summed E-state index contributed by atoms with van der Waals surface area (Å²) in [5.41, 5.74) is 1.06. The average Bonchev–Trinajstić information content (AvgIpc) is 3.09. The molecular formula is C11H13NO3. The van der Waals surface area contributed by atoms with Gasteiger partial charge in [-0.05, 0) is 17.7 Å². The fraction of sp³-hybridized carbons (Fsp3) is 0.364. The zero-order chi connectivity index (χ0) is 10.5. The van der Waals surface area contributed by atoms with E-state index in [1.807, 2.05) is 24.3 Å². The van der Waals surface area contributed by atoms with Gasteiger partial charge in [-0.2, -0.15) is 0 Å². The van der Waals surface area contributed by atoms with E-state index in [0.717, 1.165) is 17.9 Å². The first-order valence-corrected chi connectivity index (χ1v) is 4.78. The number of hydrogen-bond donors (Lipinski definition) is 0. The minimum atomic E-state index is 0.167. The number of benzene rings is 1. The molecule has 1 aromatic carbocycles. The molecule has 0 spiro atoms. The lowest BCUT2D eigenvalue weighted by molar-refractivity contribution is 0.131. The second kappa shape index (κ2) is 4.79. The Morgan fingerprint density at radius 2 is 2.20 bits per heavy atom. The van der Waals surface area contributed by atoms with Gasteiger partial charge in [-0.1, -0.05) is 17.3 Å². The first-order chi connectivity index (χ1) is 7.38. The Bertz CT molecular complexity index is 330. The molecule has 1 saturated heterocycles. The highest BCUT2D eigenvalue weighted by Crippen LogP contribution is 2.12. The monoisotopic (exact) mass is 207 g/mol. The molecule has 0 aromatic heterocycles. The molecule has 0 bridgehead atoms. The van der Waals surface area contributed by atoms with E-state index in [4.69, 9.17) is 14.3 Å². The van der Waals surface area contributed by atoms with Gasteiger partial charge in [0.1, 0.15) is 18.5 Å². The standard InChI is InChI=1S/C11H13NO3/c1-13-10-4-2-9(3-5-10)7-15-12-6-11-8-14-11/h2-6,11H,7-8H2,1H3/b12-6+. The van der Waals surface area contributed by atoms with Crippen LogP contribution in [0.1, 0.15) is 5.56 Å². The summed E-state index contributed by atoms with van der Waals surface area (Å²) in [7, 11) is 1.64. The molecule has 0 saturated carbocycles. The highest BCUT2D eigenvalue weighted by Gasteiger charge is 2.19. The van der Waals surface area contributed by atoms with Crippen LogP contribution in [-0.2, 0) is 16.2 Å². The summed E-state index contributed by atoms with van der Waals surface area (Å²) < 4.78 is 9.99. The third kappa shape index (κ3) is 3.25. The third-order valence-corrected chi connectivity index (χ3v) is 2.05. The molecule has 15 heavy (non-hydrogen) atoms. The molecule has 1 unspecified atom stereocenters. The van der Waals surface area contributed by atoms with Crippen molar-refractivity contribution in [3.8, 4) is 5.75 Å². The van der Waals surface area contributed by atoms with Gasteiger partial charge in [0.2, 0.25) is 0 Å². The fourth-order valence-electron chi connectivity index (χ4n) is 1.09. The van der Waals surface area contributed by atoms with Crippen molar-refractivity contribution in [2.75, 3.05) is 13.7 Å². The second-order valence-electron chi connectivity index (χ2n) is 3.25. The van der Waals surface area contributed by atoms with Gasteiger partial charge in [0.15, 0.2) is 0 Å². The fourth-order valence-corrected chi connectivity index (χ4v) is 1.09. The summed E-state index contributed by atoms with van der Waals surface area (Å²) in [4.78, 5) is 5.09. The average molecular weight is 207 g/mol. The van der Waals surface area contributed by atoms with E-state index in [1.165, 1.54) is 0 Å². The van der Waals surface area contributed by atoms with Crippen LogP contribution in [0.25, 0.3) is 0 Å². The van der Waals surface area contributed by atoms with Crippen LogP contribution in [0.4, 0.5) is 0 Å². The lowest BCUT2D eigenvalue weighted by Gasteiger charge is -2.01. The van der Waals surface area contributed by atoms with Crippen molar-refractivity contribution in [1.82, 2.24) is 0 Å². The molecule has 1 atom stereocenters. The van der Waals surface area contributed by atoms with Crippen molar-refractivity contribution >= 4 is 6.21 Å². The first-order valence-electron chi connectivity index (χ1n) is 4.78. The molecule has 4 nitrogen and oxygen atoms in total. The first kappa shape index (κ1) is 9.98. The minimum absolute atomic E-state index is 0.167. The summed E-state index contributed by atoms with van der Waals surface area (Å²) in [5, 5.41) is 3.79. The largest absolute Gasteiger partial charge is 0.497 e. The van der Waals surface area contributed by atoms with Crippen LogP contribution in [0.3, 0.4) is 0 Å². The predicted molar refractivity (Wildman–Crippen MR) is 56.0 cm³/mol. The number of ether oxygens (including phenoxy) is 2. The molecule has 0 N–H and O–H groups in total. The van der Waals surface area contributed by atoms with Crippen molar-refractivity contribution in [3.05, 3.63) is 29.8 Å². The number of methoxy groups -OCH3 is 1. The molecule has 0 amide bonds. The number of rotatable bonds is 5. The summed E-state index contributed by atoms with van der Waals surface area (Å²) in [5.74, 6) is 0.841. The van der Waals surface area contributed by atoms with Crippen LogP contribution in [0.2, 0.25) is 0 Å². The van der Waals surface area contributed by atoms with Crippen molar-refractivity contribution < 1.29 is 14.3 Å². The van der Waals surface area contributed by atoms with E-state index in [1.54, 1.807) is 13.3 Å². The van der Waals surface area contributed by atoms with Gasteiger partial charge in [0.05, 0.1) is 19.9 Å². The molecule has 0 aliphatic carbocycles. The lowest BCUT2D eigenvalue weighted by Crippen LogP contribution is -1.90. The molecular weight excluding hydrogens is 194 g/mol. The molecule has 2 rings (SSSR count). The van der Waals surface area contributed by atoms with Gasteiger partial charge >= 0.3 is 0 Å². The van der Waals surface area contributed by atoms with Crippen LogP contribution in [0, 0.1) is 0 Å². The van der Waals surface area contributed by atoms with Gasteiger partial charge in [0, 0.05) is 0 Å². The molecule has 1 aromatic rings. The normalized spacial score (nSPS) is 19.1. The summed E-state index contributed by atoms with van der Waals surface area (Å²) in [6.45, 7) is 1.22. The number of oxime groups is 1. The van der Waals surface area contributed by atoms with E-state index < -0.39 is 0 Å². The zero-order valence-electron chi connectivity index (χ0n) is 8.55. The van der Waals surface area contributed by atoms with Crippen LogP contribution in [0.5, 0.6) is 5.75 Å². The summed E-state index contributed by atoms with van der Waals surface area (Å²) >= 11 is 0. The maximum Gasteiger partial charge on any atom is 0.142 e. The van der Waals surface area contributed by atoms with Crippen LogP contribution >= 0.6 is 0 Å². The lowest BCUT2D eigenvalue weighted by atomic mass is 10.2.